The Balaban J connectivity index is 1.15. The molecule has 0 unspecified atom stereocenters. The van der Waals surface area contributed by atoms with Gasteiger partial charge in [-0.05, 0) is 93.0 Å². The molecular formula is C49H32N2. The predicted molar refractivity (Wildman–Crippen MR) is 213 cm³/mol. The van der Waals surface area contributed by atoms with Crippen molar-refractivity contribution in [3.8, 4) is 27.9 Å². The van der Waals surface area contributed by atoms with Crippen LogP contribution >= 0.6 is 0 Å². The Morgan fingerprint density at radius 2 is 0.961 bits per heavy atom. The number of H-pyrrole nitrogens is 1. The van der Waals surface area contributed by atoms with Crippen LogP contribution in [0.3, 0.4) is 0 Å². The predicted octanol–water partition coefficient (Wildman–Crippen LogP) is 12.4. The van der Waals surface area contributed by atoms with E-state index >= 15 is 0 Å². The SMILES string of the molecule is c1ccc(C2(c3ccccc3)c3ccccc3-c3ccc(-n4c5ccccc5c5cc(-c6ccc7[nH]c8ccccc8c7c6)ccc54)cc32)cc1. The number of para-hydroxylation sites is 2. The van der Waals surface area contributed by atoms with Gasteiger partial charge in [0.15, 0.2) is 0 Å². The molecule has 0 fully saturated rings. The van der Waals surface area contributed by atoms with Crippen LogP contribution in [-0.4, -0.2) is 9.55 Å². The van der Waals surface area contributed by atoms with Crippen LogP contribution in [0.2, 0.25) is 0 Å². The van der Waals surface area contributed by atoms with Crippen LogP contribution < -0.4 is 0 Å². The Hall–Kier alpha value is -6.64. The molecule has 51 heavy (non-hydrogen) atoms. The first-order valence-electron chi connectivity index (χ1n) is 17.7. The summed E-state index contributed by atoms with van der Waals surface area (Å²) in [6.07, 6.45) is 0. The smallest absolute Gasteiger partial charge is 0.0714 e. The van der Waals surface area contributed by atoms with Crippen LogP contribution in [0.25, 0.3) is 71.6 Å². The molecule has 0 aliphatic heterocycles. The van der Waals surface area contributed by atoms with E-state index in [1.807, 2.05) is 0 Å². The summed E-state index contributed by atoms with van der Waals surface area (Å²) >= 11 is 0. The summed E-state index contributed by atoms with van der Waals surface area (Å²) < 4.78 is 2.46. The minimum atomic E-state index is -0.447. The van der Waals surface area contributed by atoms with E-state index in [1.165, 1.54) is 88.1 Å². The molecule has 0 bridgehead atoms. The Labute approximate surface area is 295 Å². The van der Waals surface area contributed by atoms with Gasteiger partial charge in [-0.1, -0.05) is 140 Å². The highest BCUT2D eigenvalue weighted by molar-refractivity contribution is 6.12. The molecule has 0 saturated heterocycles. The Morgan fingerprint density at radius 3 is 1.76 bits per heavy atom. The zero-order valence-corrected chi connectivity index (χ0v) is 27.8. The second kappa shape index (κ2) is 10.7. The van der Waals surface area contributed by atoms with Crippen molar-refractivity contribution in [3.63, 3.8) is 0 Å². The van der Waals surface area contributed by atoms with Crippen LogP contribution in [0.1, 0.15) is 22.3 Å². The number of fused-ring (bicyclic) bond motifs is 9. The van der Waals surface area contributed by atoms with Crippen molar-refractivity contribution >= 4 is 43.6 Å². The van der Waals surface area contributed by atoms with Gasteiger partial charge in [0, 0.05) is 38.3 Å². The standard InChI is InChI=1S/C49H32N2/c1-3-13-34(14-4-1)49(35-15-5-2-6-16-35)43-20-10-7-17-37(43)38-26-25-36(31-44(38)49)51-47-22-12-9-19-40(47)42-30-33(24-28-48(42)51)32-23-27-46-41(29-32)39-18-8-11-21-45(39)50-46/h1-31,50H. The van der Waals surface area contributed by atoms with Crippen molar-refractivity contribution in [3.05, 3.63) is 210 Å². The van der Waals surface area contributed by atoms with Gasteiger partial charge in [0.2, 0.25) is 0 Å². The molecule has 1 N–H and O–H groups in total. The third kappa shape index (κ3) is 3.93. The van der Waals surface area contributed by atoms with Gasteiger partial charge in [0.05, 0.1) is 16.4 Å². The lowest BCUT2D eigenvalue weighted by molar-refractivity contribution is 0.767. The van der Waals surface area contributed by atoms with E-state index < -0.39 is 5.41 Å². The zero-order valence-electron chi connectivity index (χ0n) is 27.8. The van der Waals surface area contributed by atoms with Crippen LogP contribution in [0, 0.1) is 0 Å². The molecular weight excluding hydrogens is 617 g/mol. The van der Waals surface area contributed by atoms with Crippen molar-refractivity contribution in [2.75, 3.05) is 0 Å². The number of nitrogens with one attached hydrogen (secondary N) is 1. The number of nitrogens with zero attached hydrogens (tertiary/aromatic N) is 1. The lowest BCUT2D eigenvalue weighted by Crippen LogP contribution is -2.28. The van der Waals surface area contributed by atoms with Gasteiger partial charge in [-0.3, -0.25) is 0 Å². The summed E-state index contributed by atoms with van der Waals surface area (Å²) in [6, 6.07) is 69.3. The van der Waals surface area contributed by atoms with Crippen LogP contribution in [0.15, 0.2) is 188 Å². The number of aromatic amines is 1. The molecule has 0 atom stereocenters. The molecule has 2 nitrogen and oxygen atoms in total. The lowest BCUT2D eigenvalue weighted by Gasteiger charge is -2.34. The number of rotatable bonds is 4. The van der Waals surface area contributed by atoms with Crippen LogP contribution in [-0.2, 0) is 5.41 Å². The average molecular weight is 649 g/mol. The molecule has 8 aromatic carbocycles. The first-order chi connectivity index (χ1) is 25.3. The van der Waals surface area contributed by atoms with Gasteiger partial charge in [0.1, 0.15) is 0 Å². The topological polar surface area (TPSA) is 20.7 Å². The number of benzene rings is 8. The molecule has 2 heterocycles. The monoisotopic (exact) mass is 648 g/mol. The zero-order chi connectivity index (χ0) is 33.5. The van der Waals surface area contributed by atoms with Gasteiger partial charge in [-0.2, -0.15) is 0 Å². The molecule has 0 spiro atoms. The fraction of sp³-hybridized carbons (Fsp3) is 0.0204. The van der Waals surface area contributed by atoms with Gasteiger partial charge >= 0.3 is 0 Å². The molecule has 2 aromatic heterocycles. The van der Waals surface area contributed by atoms with Crippen molar-refractivity contribution in [1.29, 1.82) is 0 Å². The number of hydrogen-bond acceptors (Lipinski definition) is 0. The van der Waals surface area contributed by atoms with E-state index in [-0.39, 0.29) is 0 Å². The third-order valence-corrected chi connectivity index (χ3v) is 11.2. The molecule has 0 amide bonds. The van der Waals surface area contributed by atoms with Crippen molar-refractivity contribution < 1.29 is 0 Å². The van der Waals surface area contributed by atoms with E-state index in [2.05, 4.69) is 198 Å². The maximum atomic E-state index is 3.58. The van der Waals surface area contributed by atoms with Gasteiger partial charge in [-0.15, -0.1) is 0 Å². The first kappa shape index (κ1) is 28.2. The molecule has 1 aliphatic carbocycles. The third-order valence-electron chi connectivity index (χ3n) is 11.2. The van der Waals surface area contributed by atoms with Crippen molar-refractivity contribution in [2.24, 2.45) is 0 Å². The summed E-state index contributed by atoms with van der Waals surface area (Å²) in [7, 11) is 0. The highest BCUT2D eigenvalue weighted by atomic mass is 15.0. The lowest BCUT2D eigenvalue weighted by atomic mass is 9.67. The highest BCUT2D eigenvalue weighted by Crippen LogP contribution is 2.56. The van der Waals surface area contributed by atoms with Gasteiger partial charge in [-0.25, -0.2) is 0 Å². The Bertz CT molecular complexity index is 2920. The average Bonchev–Trinajstić information content (AvgIpc) is 3.84. The normalized spacial score (nSPS) is 13.3. The quantitative estimate of drug-likeness (QED) is 0.196. The Morgan fingerprint density at radius 1 is 0.373 bits per heavy atom. The molecule has 11 rings (SSSR count). The molecule has 238 valence electrons. The number of hydrogen-bond donors (Lipinski definition) is 1. The summed E-state index contributed by atoms with van der Waals surface area (Å²) in [5.41, 5.74) is 15.7. The van der Waals surface area contributed by atoms with Crippen LogP contribution in [0.4, 0.5) is 0 Å². The molecule has 0 radical (unpaired) electrons. The van der Waals surface area contributed by atoms with E-state index in [4.69, 9.17) is 0 Å². The minimum absolute atomic E-state index is 0.447. The highest BCUT2D eigenvalue weighted by Gasteiger charge is 2.46. The molecule has 10 aromatic rings. The van der Waals surface area contributed by atoms with Crippen LogP contribution in [0.5, 0.6) is 0 Å². The van der Waals surface area contributed by atoms with E-state index in [0.717, 1.165) is 5.69 Å². The maximum absolute atomic E-state index is 3.58. The molecule has 0 saturated carbocycles. The van der Waals surface area contributed by atoms with E-state index in [9.17, 15) is 0 Å². The minimum Gasteiger partial charge on any atom is -0.355 e. The summed E-state index contributed by atoms with van der Waals surface area (Å²) in [4.78, 5) is 3.58. The fourth-order valence-electron chi connectivity index (χ4n) is 9.03. The van der Waals surface area contributed by atoms with Crippen molar-refractivity contribution in [2.45, 2.75) is 5.41 Å². The summed E-state index contributed by atoms with van der Waals surface area (Å²) in [5, 5.41) is 5.02. The van der Waals surface area contributed by atoms with E-state index in [0.29, 0.717) is 0 Å². The Kier molecular flexibility index (Phi) is 5.91. The first-order valence-corrected chi connectivity index (χ1v) is 17.7. The van der Waals surface area contributed by atoms with E-state index in [1.54, 1.807) is 0 Å². The second-order valence-electron chi connectivity index (χ2n) is 13.8. The number of aromatic nitrogens is 2. The summed E-state index contributed by atoms with van der Waals surface area (Å²) in [5.74, 6) is 0. The molecule has 1 aliphatic rings. The fourth-order valence-corrected chi connectivity index (χ4v) is 9.03. The summed E-state index contributed by atoms with van der Waals surface area (Å²) in [6.45, 7) is 0. The van der Waals surface area contributed by atoms with Gasteiger partial charge < -0.3 is 9.55 Å². The maximum Gasteiger partial charge on any atom is 0.0714 e. The van der Waals surface area contributed by atoms with Gasteiger partial charge in [0.25, 0.3) is 0 Å². The second-order valence-corrected chi connectivity index (χ2v) is 13.8. The largest absolute Gasteiger partial charge is 0.355 e. The van der Waals surface area contributed by atoms with Crippen molar-refractivity contribution in [1.82, 2.24) is 9.55 Å². The molecule has 2 heteroatoms.